The second kappa shape index (κ2) is 8.65. The van der Waals surface area contributed by atoms with Crippen molar-refractivity contribution in [1.82, 2.24) is 20.0 Å². The molecule has 5 heteroatoms. The molecule has 0 radical (unpaired) electrons. The van der Waals surface area contributed by atoms with Crippen molar-refractivity contribution < 1.29 is 0 Å². The zero-order chi connectivity index (χ0) is 15.1. The van der Waals surface area contributed by atoms with Gasteiger partial charge in [-0.15, -0.1) is 0 Å². The average Bonchev–Trinajstić information content (AvgIpc) is 2.72. The third-order valence-corrected chi connectivity index (χ3v) is 3.84. The summed E-state index contributed by atoms with van der Waals surface area (Å²) in [6.07, 6.45) is 2.96. The average molecular weight is 301 g/mol. The second-order valence-corrected chi connectivity index (χ2v) is 5.87. The van der Waals surface area contributed by atoms with E-state index in [0.717, 1.165) is 49.6 Å². The fourth-order valence-corrected chi connectivity index (χ4v) is 2.78. The van der Waals surface area contributed by atoms with Crippen LogP contribution in [0.15, 0.2) is 0 Å². The number of aryl methyl sites for hydroxylation is 2. The van der Waals surface area contributed by atoms with Gasteiger partial charge in [-0.1, -0.05) is 25.4 Å². The van der Waals surface area contributed by atoms with E-state index < -0.39 is 0 Å². The number of hydrogen-bond donors (Lipinski definition) is 1. The molecule has 1 aromatic heterocycles. The Hall–Kier alpha value is -0.580. The molecule has 1 atom stereocenters. The van der Waals surface area contributed by atoms with Gasteiger partial charge in [0.1, 0.15) is 0 Å². The van der Waals surface area contributed by atoms with Gasteiger partial charge in [0, 0.05) is 25.6 Å². The smallest absolute Gasteiger partial charge is 0.0850 e. The third-order valence-electron chi connectivity index (χ3n) is 3.40. The molecule has 1 aromatic rings. The van der Waals surface area contributed by atoms with Gasteiger partial charge in [0.2, 0.25) is 0 Å². The fourth-order valence-electron chi connectivity index (χ4n) is 2.44. The van der Waals surface area contributed by atoms with Crippen molar-refractivity contribution in [3.05, 3.63) is 16.4 Å². The normalized spacial score (nSPS) is 13.2. The first-order chi connectivity index (χ1) is 9.53. The quantitative estimate of drug-likeness (QED) is 0.761. The third kappa shape index (κ3) is 4.76. The number of nitrogens with zero attached hydrogens (tertiary/aromatic N) is 3. The number of halogens is 1. The van der Waals surface area contributed by atoms with Crippen LogP contribution in [0.3, 0.4) is 0 Å². The lowest BCUT2D eigenvalue weighted by Gasteiger charge is -2.22. The molecule has 116 valence electrons. The highest BCUT2D eigenvalue weighted by Crippen LogP contribution is 2.23. The molecule has 1 rings (SSSR count). The van der Waals surface area contributed by atoms with Crippen LogP contribution in [0.5, 0.6) is 0 Å². The van der Waals surface area contributed by atoms with E-state index in [-0.39, 0.29) is 0 Å². The maximum Gasteiger partial charge on any atom is 0.0850 e. The van der Waals surface area contributed by atoms with E-state index in [4.69, 9.17) is 11.6 Å². The van der Waals surface area contributed by atoms with E-state index in [1.54, 1.807) is 0 Å². The van der Waals surface area contributed by atoms with Crippen molar-refractivity contribution >= 4 is 11.6 Å². The molecule has 1 heterocycles. The summed E-state index contributed by atoms with van der Waals surface area (Å²) in [5, 5.41) is 9.07. The number of hydrogen-bond acceptors (Lipinski definition) is 3. The molecule has 0 aromatic carbocycles. The highest BCUT2D eigenvalue weighted by molar-refractivity contribution is 6.31. The van der Waals surface area contributed by atoms with E-state index in [1.165, 1.54) is 5.69 Å². The molecule has 0 aliphatic heterocycles. The zero-order valence-corrected chi connectivity index (χ0v) is 14.3. The van der Waals surface area contributed by atoms with Crippen molar-refractivity contribution in [2.45, 2.75) is 52.6 Å². The second-order valence-electron chi connectivity index (χ2n) is 5.49. The number of aromatic nitrogens is 2. The van der Waals surface area contributed by atoms with Crippen LogP contribution >= 0.6 is 11.6 Å². The Balaban J connectivity index is 2.88. The number of likely N-dealkylation sites (N-methyl/N-ethyl adjacent to an activating group) is 1. The topological polar surface area (TPSA) is 33.1 Å². The Morgan fingerprint density at radius 3 is 2.50 bits per heavy atom. The van der Waals surface area contributed by atoms with E-state index >= 15 is 0 Å². The molecular formula is C15H29ClN4. The van der Waals surface area contributed by atoms with Crippen LogP contribution in [-0.2, 0) is 19.4 Å². The van der Waals surface area contributed by atoms with Gasteiger partial charge < -0.3 is 10.2 Å². The van der Waals surface area contributed by atoms with Gasteiger partial charge in [-0.2, -0.15) is 5.10 Å². The summed E-state index contributed by atoms with van der Waals surface area (Å²) in [5.74, 6) is 0. The Kier molecular flexibility index (Phi) is 7.56. The molecule has 0 spiro atoms. The van der Waals surface area contributed by atoms with Gasteiger partial charge in [-0.25, -0.2) is 0 Å². The van der Waals surface area contributed by atoms with E-state index in [1.807, 2.05) is 0 Å². The SMILES string of the molecule is CCCNC(Cc1c(Cl)c(CC)nn1CC)CN(C)C. The molecule has 0 amide bonds. The van der Waals surface area contributed by atoms with Gasteiger partial charge in [0.05, 0.1) is 16.4 Å². The first-order valence-electron chi connectivity index (χ1n) is 7.65. The first kappa shape index (κ1) is 17.5. The summed E-state index contributed by atoms with van der Waals surface area (Å²) in [4.78, 5) is 2.22. The molecule has 0 saturated carbocycles. The van der Waals surface area contributed by atoms with Gasteiger partial charge >= 0.3 is 0 Å². The lowest BCUT2D eigenvalue weighted by Crippen LogP contribution is -2.40. The van der Waals surface area contributed by atoms with Crippen molar-refractivity contribution in [3.63, 3.8) is 0 Å². The highest BCUT2D eigenvalue weighted by Gasteiger charge is 2.19. The standard InChI is InChI=1S/C15H29ClN4/c1-6-9-17-12(11-19(4)5)10-14-15(16)13(7-2)18-20(14)8-3/h12,17H,6-11H2,1-5H3. The molecule has 0 aliphatic rings. The Bertz CT molecular complexity index is 401. The van der Waals surface area contributed by atoms with E-state index in [0.29, 0.717) is 6.04 Å². The molecule has 1 N–H and O–H groups in total. The fraction of sp³-hybridized carbons (Fsp3) is 0.800. The summed E-state index contributed by atoms with van der Waals surface area (Å²) in [6, 6.07) is 0.411. The Morgan fingerprint density at radius 1 is 1.30 bits per heavy atom. The Labute approximate surface area is 128 Å². The van der Waals surface area contributed by atoms with Crippen molar-refractivity contribution in [2.24, 2.45) is 0 Å². The molecule has 0 saturated heterocycles. The minimum atomic E-state index is 0.411. The van der Waals surface area contributed by atoms with Crippen LogP contribution in [0, 0.1) is 0 Å². The first-order valence-corrected chi connectivity index (χ1v) is 8.03. The monoisotopic (exact) mass is 300 g/mol. The number of nitrogens with one attached hydrogen (secondary N) is 1. The van der Waals surface area contributed by atoms with E-state index in [2.05, 4.69) is 54.9 Å². The maximum atomic E-state index is 6.50. The molecule has 20 heavy (non-hydrogen) atoms. The summed E-state index contributed by atoms with van der Waals surface area (Å²) in [6.45, 7) is 9.33. The lowest BCUT2D eigenvalue weighted by atomic mass is 10.1. The predicted octanol–water partition coefficient (Wildman–Crippen LogP) is 2.59. The molecule has 0 bridgehead atoms. The summed E-state index contributed by atoms with van der Waals surface area (Å²) in [7, 11) is 4.22. The minimum Gasteiger partial charge on any atom is -0.312 e. The minimum absolute atomic E-state index is 0.411. The van der Waals surface area contributed by atoms with Crippen LogP contribution in [0.25, 0.3) is 0 Å². The van der Waals surface area contributed by atoms with Gasteiger partial charge in [-0.3, -0.25) is 4.68 Å². The molecule has 0 aliphatic carbocycles. The zero-order valence-electron chi connectivity index (χ0n) is 13.5. The van der Waals surface area contributed by atoms with E-state index in [9.17, 15) is 0 Å². The Morgan fingerprint density at radius 2 is 2.00 bits per heavy atom. The predicted molar refractivity (Wildman–Crippen MR) is 86.6 cm³/mol. The largest absolute Gasteiger partial charge is 0.312 e. The van der Waals surface area contributed by atoms with Crippen LogP contribution < -0.4 is 5.32 Å². The van der Waals surface area contributed by atoms with Gasteiger partial charge in [-0.05, 0) is 40.4 Å². The maximum absolute atomic E-state index is 6.50. The highest BCUT2D eigenvalue weighted by atomic mass is 35.5. The van der Waals surface area contributed by atoms with Crippen LogP contribution in [0.2, 0.25) is 5.02 Å². The summed E-state index contributed by atoms with van der Waals surface area (Å²) < 4.78 is 2.05. The molecule has 0 fully saturated rings. The van der Waals surface area contributed by atoms with Crippen molar-refractivity contribution in [1.29, 1.82) is 0 Å². The lowest BCUT2D eigenvalue weighted by molar-refractivity contribution is 0.332. The molecular weight excluding hydrogens is 272 g/mol. The van der Waals surface area contributed by atoms with Gasteiger partial charge in [0.15, 0.2) is 0 Å². The van der Waals surface area contributed by atoms with Crippen LogP contribution in [0.1, 0.15) is 38.6 Å². The molecule has 1 unspecified atom stereocenters. The van der Waals surface area contributed by atoms with Crippen molar-refractivity contribution in [3.8, 4) is 0 Å². The summed E-state index contributed by atoms with van der Waals surface area (Å²) in [5.41, 5.74) is 2.18. The van der Waals surface area contributed by atoms with Crippen LogP contribution in [-0.4, -0.2) is 47.9 Å². The summed E-state index contributed by atoms with van der Waals surface area (Å²) >= 11 is 6.50. The molecule has 4 nitrogen and oxygen atoms in total. The van der Waals surface area contributed by atoms with Crippen LogP contribution in [0.4, 0.5) is 0 Å². The van der Waals surface area contributed by atoms with Gasteiger partial charge in [0.25, 0.3) is 0 Å². The van der Waals surface area contributed by atoms with Crippen molar-refractivity contribution in [2.75, 3.05) is 27.2 Å². The number of rotatable bonds is 9.